The molecule has 5 N–H and O–H groups in total. The molecule has 5 aromatic heterocycles. The molecule has 15 aromatic carbocycles. The van der Waals surface area contributed by atoms with Gasteiger partial charge in [0.05, 0.1) is 63.3 Å². The third-order valence-electron chi connectivity index (χ3n) is 22.3. The summed E-state index contributed by atoms with van der Waals surface area (Å²) in [6.45, 7) is 11.0. The molecule has 0 atom stereocenters. The second-order valence-corrected chi connectivity index (χ2v) is 33.8. The van der Waals surface area contributed by atoms with Crippen LogP contribution < -0.4 is 0 Å². The Balaban J connectivity index is 0.000000131. The van der Waals surface area contributed by atoms with Crippen molar-refractivity contribution >= 4 is 17.6 Å². The first-order valence-corrected chi connectivity index (χ1v) is 45.6. The van der Waals surface area contributed by atoms with Crippen LogP contribution in [-0.4, -0.2) is 113 Å². The summed E-state index contributed by atoms with van der Waals surface area (Å²) >= 11 is 6.14. The van der Waals surface area contributed by atoms with Gasteiger partial charge in [-0.15, -0.1) is 0 Å². The largest absolute Gasteiger partial charge is 0.507 e. The topological polar surface area (TPSA) is 345 Å². The maximum absolute atomic E-state index is 13.4. The highest BCUT2D eigenvalue weighted by molar-refractivity contribution is 6.30. The van der Waals surface area contributed by atoms with Crippen molar-refractivity contribution in [1.29, 1.82) is 5.26 Å². The van der Waals surface area contributed by atoms with Crippen LogP contribution >= 0.6 is 11.6 Å². The van der Waals surface area contributed by atoms with Gasteiger partial charge in [-0.05, 0) is 202 Å². The fourth-order valence-electron chi connectivity index (χ4n) is 15.0. The Morgan fingerprint density at radius 3 is 0.788 bits per heavy atom. The number of carbonyl (C=O) groups is 1. The van der Waals surface area contributed by atoms with Crippen LogP contribution in [0.1, 0.15) is 60.4 Å². The summed E-state index contributed by atoms with van der Waals surface area (Å²) in [6.07, 6.45) is -8.97. The number of nitriles is 1. The van der Waals surface area contributed by atoms with E-state index >= 15 is 0 Å². The van der Waals surface area contributed by atoms with Crippen molar-refractivity contribution in [3.05, 3.63) is 419 Å². The highest BCUT2D eigenvalue weighted by Gasteiger charge is 2.33. The number of phenols is 5. The van der Waals surface area contributed by atoms with Crippen molar-refractivity contribution in [3.8, 4) is 206 Å². The zero-order chi connectivity index (χ0) is 103. The number of esters is 1. The number of rotatable bonds is 16. The van der Waals surface area contributed by atoms with E-state index in [4.69, 9.17) is 16.3 Å². The van der Waals surface area contributed by atoms with E-state index in [-0.39, 0.29) is 63.2 Å². The first kappa shape index (κ1) is 100. The molecule has 0 fully saturated rings. The summed E-state index contributed by atoms with van der Waals surface area (Å²) in [5.41, 5.74) is 13.1. The van der Waals surface area contributed by atoms with Crippen LogP contribution in [0.15, 0.2) is 358 Å². The van der Waals surface area contributed by atoms with Gasteiger partial charge >= 0.3 is 18.3 Å². The molecule has 0 unspecified atom stereocenters. The minimum absolute atomic E-state index is 0.0172. The fourth-order valence-corrected chi connectivity index (χ4v) is 15.2. The van der Waals surface area contributed by atoms with E-state index < -0.39 is 29.4 Å². The lowest BCUT2D eigenvalue weighted by molar-refractivity contribution is -0.138. The van der Waals surface area contributed by atoms with Crippen LogP contribution in [0.2, 0.25) is 5.02 Å². The Morgan fingerprint density at radius 2 is 0.500 bits per heavy atom. The maximum atomic E-state index is 13.4. The van der Waals surface area contributed by atoms with Crippen molar-refractivity contribution in [3.63, 3.8) is 0 Å². The monoisotopic (exact) mass is 1960 g/mol. The van der Waals surface area contributed by atoms with E-state index in [1.54, 1.807) is 146 Å². The van der Waals surface area contributed by atoms with Gasteiger partial charge in [-0.2, -0.15) is 31.6 Å². The Bertz CT molecular complexity index is 8230. The number of aromatic hydroxyl groups is 5. The second kappa shape index (κ2) is 44.8. The molecule has 23 nitrogen and oxygen atoms in total. The van der Waals surface area contributed by atoms with Crippen molar-refractivity contribution in [1.82, 2.24) is 74.8 Å². The Labute approximate surface area is 839 Å². The fraction of sp³-hybridized carbons (Fsp3) is 0.0776. The standard InChI is InChI=1S/C24H18F3N3O.C24H19N3O3.C23H16F3N3O.C23H16N4O.C22H16ClN3O/c1-14-8-9-19(20(31)12-14)23-29-21(16-6-4-3-5-7-16)28-22(30-23)17-10-15(2)11-18(13-17)24(25,26)27;1-15-11-12-19(20(28)13-15)23-26-21(16-7-4-3-5-8-16)25-22(27-23)17-9-6-10-18(14-17)24(29)30-2;1-14-10-11-18(19(30)12-14)22-28-20(15-6-3-2-4-7-15)27-21(29-22)16-8-5-9-17(13-16)23(24,25)26;1-15-10-11-19(20(28)12-15)23-26-21(17-7-3-2-4-8-17)25-22(27-23)18-9-5-6-16(13-18)14-24;1-14-10-11-18(19(27)12-14)22-25-20(15-6-3-2-4-7-15)24-21(26-22)16-8-5-9-17(23)13-16/h3-13,31H,1-2H3;3-14,28H,1-2H3;2-13,30H,1H3;2-13,28H,1H3;2-13,27H,1H3. The molecule has 0 radical (unpaired) electrons. The molecule has 146 heavy (non-hydrogen) atoms. The average molecular weight is 1960 g/mol. The smallest absolute Gasteiger partial charge is 0.416 e. The number of carbonyl (C=O) groups excluding carboxylic acids is 1. The number of aryl methyl sites for hydroxylation is 6. The molecule has 0 aliphatic rings. The van der Waals surface area contributed by atoms with E-state index in [1.165, 1.54) is 19.2 Å². The first-order valence-electron chi connectivity index (χ1n) is 45.2. The summed E-state index contributed by atoms with van der Waals surface area (Å²) in [4.78, 5) is 79.9. The zero-order valence-electron chi connectivity index (χ0n) is 78.9. The molecule has 20 aromatic rings. The lowest BCUT2D eigenvalue weighted by Crippen LogP contribution is -2.06. The van der Waals surface area contributed by atoms with Crippen molar-refractivity contribution < 1.29 is 61.4 Å². The number of alkyl halides is 6. The van der Waals surface area contributed by atoms with Gasteiger partial charge < -0.3 is 30.3 Å². The minimum atomic E-state index is -4.49. The molecule has 0 bridgehead atoms. The summed E-state index contributed by atoms with van der Waals surface area (Å²) in [7, 11) is 1.34. The maximum Gasteiger partial charge on any atom is 0.416 e. The predicted molar refractivity (Wildman–Crippen MR) is 548 cm³/mol. The molecular weight excluding hydrogens is 1880 g/mol. The highest BCUT2D eigenvalue weighted by atomic mass is 35.5. The van der Waals surface area contributed by atoms with Crippen LogP contribution in [0.3, 0.4) is 0 Å². The molecule has 0 amide bonds. The van der Waals surface area contributed by atoms with Crippen LogP contribution in [-0.2, 0) is 17.1 Å². The minimum Gasteiger partial charge on any atom is -0.507 e. The third kappa shape index (κ3) is 24.9. The number of methoxy groups -OCH3 is 1. The van der Waals surface area contributed by atoms with Crippen LogP contribution in [0.25, 0.3) is 171 Å². The van der Waals surface area contributed by atoms with E-state index in [1.807, 2.05) is 217 Å². The SMILES string of the molecule is COC(=O)c1cccc(-c2nc(-c3ccccc3)nc(-c3ccc(C)cc3O)n2)c1.Cc1cc(-c2nc(-c3ccccc3)nc(-c3ccc(C)cc3O)n2)cc(C(F)(F)F)c1.Cc1ccc(-c2nc(-c3ccccc3)nc(-c3cccc(C#N)c3)n2)c(O)c1.Cc1ccc(-c2nc(-c3ccccc3)nc(-c3cccc(C(F)(F)F)c3)n2)c(O)c1.Cc1ccc(-c2nc(-c3ccccc3)nc(-c3cccc(Cl)c3)n2)c(O)c1. The van der Waals surface area contributed by atoms with Crippen LogP contribution in [0.4, 0.5) is 26.3 Å². The molecule has 0 spiro atoms. The van der Waals surface area contributed by atoms with E-state index in [2.05, 4.69) is 80.8 Å². The van der Waals surface area contributed by atoms with Crippen molar-refractivity contribution in [2.75, 3.05) is 7.11 Å². The summed E-state index contributed by atoms with van der Waals surface area (Å²) in [6, 6.07) is 105. The first-order chi connectivity index (χ1) is 70.3. The van der Waals surface area contributed by atoms with Gasteiger partial charge in [0.2, 0.25) is 0 Å². The molecule has 0 saturated heterocycles. The molecule has 0 aliphatic heterocycles. The number of benzene rings is 15. The normalized spacial score (nSPS) is 11.0. The number of hydrogen-bond acceptors (Lipinski definition) is 23. The zero-order valence-corrected chi connectivity index (χ0v) is 79.7. The molecular formula is C116H85ClF6N16O7. The summed E-state index contributed by atoms with van der Waals surface area (Å²) in [5, 5.41) is 61.8. The summed E-state index contributed by atoms with van der Waals surface area (Å²) in [5.74, 6) is 4.99. The average Bonchev–Trinajstić information content (AvgIpc) is 0.794. The molecule has 0 aliphatic carbocycles. The van der Waals surface area contributed by atoms with Gasteiger partial charge in [0.25, 0.3) is 0 Å². The van der Waals surface area contributed by atoms with Gasteiger partial charge in [-0.3, -0.25) is 0 Å². The predicted octanol–water partition coefficient (Wildman–Crippen LogP) is 27.1. The van der Waals surface area contributed by atoms with Gasteiger partial charge in [0.15, 0.2) is 87.4 Å². The molecule has 5 heterocycles. The second-order valence-electron chi connectivity index (χ2n) is 33.4. The Kier molecular flexibility index (Phi) is 30.7. The number of halogens is 7. The Hall–Kier alpha value is -18.8. The molecule has 720 valence electrons. The Morgan fingerprint density at radius 1 is 0.253 bits per heavy atom. The number of nitrogens with zero attached hydrogens (tertiary/aromatic N) is 16. The van der Waals surface area contributed by atoms with Crippen LogP contribution in [0, 0.1) is 52.9 Å². The van der Waals surface area contributed by atoms with Gasteiger partial charge in [0.1, 0.15) is 28.7 Å². The molecule has 30 heteroatoms. The number of aromatic nitrogens is 15. The van der Waals surface area contributed by atoms with Crippen LogP contribution in [0.5, 0.6) is 28.7 Å². The summed E-state index contributed by atoms with van der Waals surface area (Å²) < 4.78 is 84.4. The quantitative estimate of drug-likeness (QED) is 0.0443. The van der Waals surface area contributed by atoms with Gasteiger partial charge in [-0.1, -0.05) is 242 Å². The number of hydrogen-bond donors (Lipinski definition) is 5. The molecule has 20 rings (SSSR count). The van der Waals surface area contributed by atoms with Crippen molar-refractivity contribution in [2.45, 2.75) is 53.9 Å². The van der Waals surface area contributed by atoms with E-state index in [0.29, 0.717) is 136 Å². The number of ether oxygens (including phenoxy) is 1. The van der Waals surface area contributed by atoms with E-state index in [9.17, 15) is 61.9 Å². The van der Waals surface area contributed by atoms with E-state index in [0.717, 1.165) is 74.3 Å². The highest BCUT2D eigenvalue weighted by Crippen LogP contribution is 2.41. The van der Waals surface area contributed by atoms with Crippen molar-refractivity contribution in [2.24, 2.45) is 0 Å². The lowest BCUT2D eigenvalue weighted by atomic mass is 10.0. The number of phenolic OH excluding ortho intramolecular Hbond substituents is 5. The molecule has 0 saturated carbocycles. The third-order valence-corrected chi connectivity index (χ3v) is 22.5. The lowest BCUT2D eigenvalue weighted by Gasteiger charge is -2.12. The van der Waals surface area contributed by atoms with Gasteiger partial charge in [0, 0.05) is 60.7 Å². The van der Waals surface area contributed by atoms with Gasteiger partial charge in [-0.25, -0.2) is 79.6 Å².